The van der Waals surface area contributed by atoms with Crippen LogP contribution in [0.4, 0.5) is 0 Å². The predicted molar refractivity (Wildman–Crippen MR) is 122 cm³/mol. The molecular formula is C24H27N3O4S. The summed E-state index contributed by atoms with van der Waals surface area (Å²) >= 11 is 1.56. The first kappa shape index (κ1) is 21.0. The molecule has 1 unspecified atom stereocenters. The molecule has 32 heavy (non-hydrogen) atoms. The summed E-state index contributed by atoms with van der Waals surface area (Å²) in [5.41, 5.74) is 1.50. The fraction of sp³-hybridized carbons (Fsp3) is 0.417. The van der Waals surface area contributed by atoms with E-state index >= 15 is 0 Å². The van der Waals surface area contributed by atoms with Crippen molar-refractivity contribution in [3.05, 3.63) is 53.0 Å². The van der Waals surface area contributed by atoms with Gasteiger partial charge < -0.3 is 24.2 Å². The maximum Gasteiger partial charge on any atom is 0.273 e. The van der Waals surface area contributed by atoms with Gasteiger partial charge in [-0.3, -0.25) is 4.79 Å². The van der Waals surface area contributed by atoms with Crippen LogP contribution in [-0.2, 0) is 6.42 Å². The Bertz CT molecular complexity index is 1040. The summed E-state index contributed by atoms with van der Waals surface area (Å²) in [4.78, 5) is 16.2. The zero-order valence-electron chi connectivity index (χ0n) is 17.9. The molecule has 5 rings (SSSR count). The van der Waals surface area contributed by atoms with Crippen molar-refractivity contribution in [1.29, 1.82) is 0 Å². The summed E-state index contributed by atoms with van der Waals surface area (Å²) in [6.45, 7) is 4.94. The van der Waals surface area contributed by atoms with Crippen LogP contribution in [0.1, 0.15) is 28.9 Å². The van der Waals surface area contributed by atoms with Crippen LogP contribution in [0.5, 0.6) is 11.5 Å². The zero-order chi connectivity index (χ0) is 21.8. The van der Waals surface area contributed by atoms with Gasteiger partial charge in [0.15, 0.2) is 23.0 Å². The summed E-state index contributed by atoms with van der Waals surface area (Å²) in [6.07, 6.45) is 3.34. The van der Waals surface area contributed by atoms with Crippen molar-refractivity contribution in [1.82, 2.24) is 15.4 Å². The average molecular weight is 454 g/mol. The van der Waals surface area contributed by atoms with Gasteiger partial charge in [0.25, 0.3) is 5.91 Å². The van der Waals surface area contributed by atoms with Crippen LogP contribution in [0.3, 0.4) is 0 Å². The summed E-state index contributed by atoms with van der Waals surface area (Å²) in [6, 6.07) is 11.7. The lowest BCUT2D eigenvalue weighted by molar-refractivity contribution is 0.0934. The van der Waals surface area contributed by atoms with E-state index in [4.69, 9.17) is 14.0 Å². The molecule has 8 heteroatoms. The quantitative estimate of drug-likeness (QED) is 0.558. The molecule has 4 heterocycles. The van der Waals surface area contributed by atoms with Crippen LogP contribution in [-0.4, -0.2) is 55.4 Å². The molecule has 0 saturated carbocycles. The number of aromatic nitrogens is 1. The third-order valence-corrected chi connectivity index (χ3v) is 6.79. The molecule has 2 aliphatic heterocycles. The van der Waals surface area contributed by atoms with E-state index in [-0.39, 0.29) is 11.8 Å². The largest absolute Gasteiger partial charge is 0.486 e. The highest BCUT2D eigenvalue weighted by Crippen LogP contribution is 2.31. The van der Waals surface area contributed by atoms with E-state index in [1.165, 1.54) is 18.4 Å². The van der Waals surface area contributed by atoms with Crippen molar-refractivity contribution in [3.63, 3.8) is 0 Å². The maximum atomic E-state index is 12.7. The minimum absolute atomic E-state index is 0.204. The van der Waals surface area contributed by atoms with Crippen LogP contribution in [0.2, 0.25) is 0 Å². The van der Waals surface area contributed by atoms with Gasteiger partial charge in [0.1, 0.15) is 13.2 Å². The van der Waals surface area contributed by atoms with Crippen LogP contribution in [0.15, 0.2) is 46.3 Å². The number of thiophene rings is 1. The normalized spacial score (nSPS) is 16.8. The van der Waals surface area contributed by atoms with Gasteiger partial charge in [-0.15, -0.1) is 11.3 Å². The van der Waals surface area contributed by atoms with E-state index in [1.54, 1.807) is 17.4 Å². The summed E-state index contributed by atoms with van der Waals surface area (Å²) in [5.74, 6) is 2.31. The molecule has 2 aromatic heterocycles. The van der Waals surface area contributed by atoms with Crippen molar-refractivity contribution in [3.8, 4) is 22.1 Å². The molecular weight excluding hydrogens is 426 g/mol. The van der Waals surface area contributed by atoms with Crippen LogP contribution < -0.4 is 14.8 Å². The number of fused-ring (bicyclic) bond motifs is 1. The molecule has 1 aromatic carbocycles. The van der Waals surface area contributed by atoms with E-state index in [0.717, 1.165) is 42.4 Å². The number of benzene rings is 1. The fourth-order valence-corrected chi connectivity index (χ4v) is 5.00. The molecule has 2 aliphatic rings. The molecule has 0 spiro atoms. The molecule has 0 bridgehead atoms. The Hall–Kier alpha value is -2.84. The number of carbonyl (C=O) groups excluding carboxylic acids is 1. The lowest BCUT2D eigenvalue weighted by Gasteiger charge is -2.25. The van der Waals surface area contributed by atoms with E-state index in [1.807, 2.05) is 23.6 Å². The summed E-state index contributed by atoms with van der Waals surface area (Å²) in [5, 5.41) is 9.01. The number of hydrogen-bond donors (Lipinski definition) is 1. The summed E-state index contributed by atoms with van der Waals surface area (Å²) in [7, 11) is 0. The molecule has 1 saturated heterocycles. The first-order chi connectivity index (χ1) is 15.7. The van der Waals surface area contributed by atoms with Gasteiger partial charge in [-0.1, -0.05) is 17.3 Å². The Balaban J connectivity index is 1.24. The van der Waals surface area contributed by atoms with E-state index in [0.29, 0.717) is 31.2 Å². The second-order valence-corrected chi connectivity index (χ2v) is 9.27. The van der Waals surface area contributed by atoms with Gasteiger partial charge in [-0.25, -0.2) is 0 Å². The number of amides is 1. The van der Waals surface area contributed by atoms with Crippen molar-refractivity contribution < 1.29 is 18.8 Å². The van der Waals surface area contributed by atoms with Crippen molar-refractivity contribution in [2.75, 3.05) is 39.4 Å². The first-order valence-electron chi connectivity index (χ1n) is 11.1. The number of rotatable bonds is 8. The number of nitrogens with zero attached hydrogens (tertiary/aromatic N) is 2. The highest BCUT2D eigenvalue weighted by molar-refractivity contribution is 7.13. The molecule has 0 radical (unpaired) electrons. The van der Waals surface area contributed by atoms with Gasteiger partial charge in [-0.2, -0.15) is 0 Å². The van der Waals surface area contributed by atoms with Crippen molar-refractivity contribution >= 4 is 17.2 Å². The Morgan fingerprint density at radius 1 is 1.12 bits per heavy atom. The summed E-state index contributed by atoms with van der Waals surface area (Å²) < 4.78 is 16.7. The van der Waals surface area contributed by atoms with Gasteiger partial charge in [0, 0.05) is 19.2 Å². The average Bonchev–Trinajstić information content (AvgIpc) is 3.59. The minimum Gasteiger partial charge on any atom is -0.486 e. The number of carbonyl (C=O) groups is 1. The SMILES string of the molecule is O=C(NCC(Cc1ccc2c(c1)OCCO2)CN1CCCC1)c1cc(-c2cccs2)on1. The molecule has 1 N–H and O–H groups in total. The molecule has 168 valence electrons. The molecule has 1 atom stereocenters. The monoisotopic (exact) mass is 453 g/mol. The van der Waals surface area contributed by atoms with Crippen LogP contribution in [0.25, 0.3) is 10.6 Å². The minimum atomic E-state index is -0.204. The Labute approximate surface area is 191 Å². The van der Waals surface area contributed by atoms with Gasteiger partial charge in [-0.05, 0) is 67.4 Å². The van der Waals surface area contributed by atoms with Crippen molar-refractivity contribution in [2.45, 2.75) is 19.3 Å². The van der Waals surface area contributed by atoms with E-state index in [9.17, 15) is 4.79 Å². The van der Waals surface area contributed by atoms with E-state index in [2.05, 4.69) is 27.5 Å². The lowest BCUT2D eigenvalue weighted by atomic mass is 9.98. The molecule has 3 aromatic rings. The van der Waals surface area contributed by atoms with Crippen LogP contribution >= 0.6 is 11.3 Å². The van der Waals surface area contributed by atoms with Crippen LogP contribution in [0, 0.1) is 5.92 Å². The highest BCUT2D eigenvalue weighted by atomic mass is 32.1. The lowest BCUT2D eigenvalue weighted by Crippen LogP contribution is -2.37. The number of hydrogen-bond acceptors (Lipinski definition) is 7. The Morgan fingerprint density at radius 2 is 1.97 bits per heavy atom. The Kier molecular flexibility index (Phi) is 6.41. The topological polar surface area (TPSA) is 76.8 Å². The molecule has 1 amide bonds. The van der Waals surface area contributed by atoms with Gasteiger partial charge >= 0.3 is 0 Å². The smallest absolute Gasteiger partial charge is 0.273 e. The van der Waals surface area contributed by atoms with E-state index < -0.39 is 0 Å². The Morgan fingerprint density at radius 3 is 2.78 bits per heavy atom. The molecule has 1 fully saturated rings. The third-order valence-electron chi connectivity index (χ3n) is 5.90. The van der Waals surface area contributed by atoms with Gasteiger partial charge in [0.2, 0.25) is 0 Å². The van der Waals surface area contributed by atoms with Gasteiger partial charge in [0.05, 0.1) is 4.88 Å². The van der Waals surface area contributed by atoms with Crippen molar-refractivity contribution in [2.24, 2.45) is 5.92 Å². The molecule has 7 nitrogen and oxygen atoms in total. The number of nitrogens with one attached hydrogen (secondary N) is 1. The second kappa shape index (κ2) is 9.75. The highest BCUT2D eigenvalue weighted by Gasteiger charge is 2.21. The third kappa shape index (κ3) is 4.97. The number of likely N-dealkylation sites (tertiary alicyclic amines) is 1. The second-order valence-electron chi connectivity index (χ2n) is 8.32. The maximum absolute atomic E-state index is 12.7. The standard InChI is InChI=1S/C24H27N3O4S/c28-24(19-14-22(31-26-19)23-4-3-11-32-23)25-15-18(16-27-7-1-2-8-27)12-17-5-6-20-21(13-17)30-10-9-29-20/h3-6,11,13-14,18H,1-2,7-10,12,15-16H2,(H,25,28). The molecule has 0 aliphatic carbocycles. The fourth-order valence-electron chi connectivity index (χ4n) is 4.32. The zero-order valence-corrected chi connectivity index (χ0v) is 18.7. The predicted octanol–water partition coefficient (Wildman–Crippen LogP) is 3.86. The first-order valence-corrected chi connectivity index (χ1v) is 12.0. The number of ether oxygens (including phenoxy) is 2.